The summed E-state index contributed by atoms with van der Waals surface area (Å²) < 4.78 is 28.3. The van der Waals surface area contributed by atoms with Crippen LogP contribution in [0.1, 0.15) is 20.3 Å². The lowest BCUT2D eigenvalue weighted by atomic mass is 10.0. The zero-order valence-corrected chi connectivity index (χ0v) is 10.3. The van der Waals surface area contributed by atoms with E-state index in [0.29, 0.717) is 19.1 Å². The summed E-state index contributed by atoms with van der Waals surface area (Å²) in [5, 5.41) is 3.11. The van der Waals surface area contributed by atoms with Crippen molar-refractivity contribution < 1.29 is 18.3 Å². The van der Waals surface area contributed by atoms with Crippen molar-refractivity contribution in [3.8, 4) is 0 Å². The van der Waals surface area contributed by atoms with Crippen molar-refractivity contribution in [1.29, 1.82) is 0 Å². The quantitative estimate of drug-likeness (QED) is 0.687. The molecule has 0 spiro atoms. The van der Waals surface area contributed by atoms with Crippen LogP contribution in [0.4, 0.5) is 8.78 Å². The fourth-order valence-corrected chi connectivity index (χ4v) is 1.80. The van der Waals surface area contributed by atoms with Crippen LogP contribution in [0.15, 0.2) is 0 Å². The number of hydrogen-bond acceptors (Lipinski definition) is 3. The second-order valence-corrected chi connectivity index (χ2v) is 4.61. The predicted molar refractivity (Wildman–Crippen MR) is 59.8 cm³/mol. The van der Waals surface area contributed by atoms with Crippen molar-refractivity contribution in [3.63, 3.8) is 0 Å². The summed E-state index contributed by atoms with van der Waals surface area (Å²) in [6.45, 7) is 4.56. The molecule has 1 rings (SSSR count). The third-order valence-electron chi connectivity index (χ3n) is 2.59. The first-order chi connectivity index (χ1) is 8.00. The summed E-state index contributed by atoms with van der Waals surface area (Å²) in [5.41, 5.74) is 0. The van der Waals surface area contributed by atoms with E-state index >= 15 is 0 Å². The van der Waals surface area contributed by atoms with E-state index in [9.17, 15) is 13.6 Å². The molecule has 1 aliphatic heterocycles. The van der Waals surface area contributed by atoms with Gasteiger partial charge in [0.05, 0.1) is 19.3 Å². The number of nitrogens with zero attached hydrogens (tertiary/aromatic N) is 1. The number of carbonyl (C=O) groups is 1. The second kappa shape index (κ2) is 6.86. The lowest BCUT2D eigenvalue weighted by Crippen LogP contribution is -2.33. The molecule has 0 radical (unpaired) electrons. The number of alkyl halides is 2. The highest BCUT2D eigenvalue weighted by atomic mass is 19.3. The summed E-state index contributed by atoms with van der Waals surface area (Å²) in [6, 6.07) is -0.134. The molecule has 0 aromatic heterocycles. The van der Waals surface area contributed by atoms with Gasteiger partial charge < -0.3 is 9.64 Å². The van der Waals surface area contributed by atoms with E-state index in [0.717, 1.165) is 6.42 Å². The van der Waals surface area contributed by atoms with Gasteiger partial charge in [-0.25, -0.2) is 8.78 Å². The van der Waals surface area contributed by atoms with Gasteiger partial charge in [0.1, 0.15) is 6.61 Å². The van der Waals surface area contributed by atoms with Gasteiger partial charge in [-0.15, -0.1) is 0 Å². The van der Waals surface area contributed by atoms with E-state index in [4.69, 9.17) is 4.74 Å². The molecular formula is C11H20F2N2O2. The third kappa shape index (κ3) is 4.95. The zero-order chi connectivity index (χ0) is 12.8. The highest BCUT2D eigenvalue weighted by Crippen LogP contribution is 2.12. The summed E-state index contributed by atoms with van der Waals surface area (Å²) in [5.74, 6) is 0.492. The number of ether oxygens (including phenoxy) is 1. The molecule has 1 saturated heterocycles. The highest BCUT2D eigenvalue weighted by Gasteiger charge is 2.30. The van der Waals surface area contributed by atoms with Gasteiger partial charge in [0.15, 0.2) is 0 Å². The smallest absolute Gasteiger partial charge is 0.261 e. The number of rotatable bonds is 7. The number of hydrogen-bond donors (Lipinski definition) is 1. The summed E-state index contributed by atoms with van der Waals surface area (Å²) >= 11 is 0. The molecule has 4 nitrogen and oxygen atoms in total. The Hall–Kier alpha value is -0.750. The number of nitrogens with one attached hydrogen (secondary N) is 1. The van der Waals surface area contributed by atoms with Gasteiger partial charge in [0.2, 0.25) is 5.91 Å². The summed E-state index contributed by atoms with van der Waals surface area (Å²) in [4.78, 5) is 13.4. The minimum absolute atomic E-state index is 0.0411. The first-order valence-electron chi connectivity index (χ1n) is 5.88. The molecule has 0 aromatic rings. The number of amides is 1. The maximum Gasteiger partial charge on any atom is 0.261 e. The standard InChI is InChI=1S/C11H20F2N2O2/c1-8(2)5-9-11(16)15(7-14-9)3-4-17-6-10(12)13/h8-10,14H,3-7H2,1-2H3. The molecule has 1 heterocycles. The SMILES string of the molecule is CC(C)CC1NCN(CCOCC(F)F)C1=O. The van der Waals surface area contributed by atoms with Crippen LogP contribution in [-0.2, 0) is 9.53 Å². The van der Waals surface area contributed by atoms with Gasteiger partial charge in [-0.2, -0.15) is 0 Å². The molecule has 1 N–H and O–H groups in total. The van der Waals surface area contributed by atoms with Gasteiger partial charge in [0.25, 0.3) is 6.43 Å². The van der Waals surface area contributed by atoms with Gasteiger partial charge in [0, 0.05) is 6.54 Å². The van der Waals surface area contributed by atoms with Crippen molar-refractivity contribution in [1.82, 2.24) is 10.2 Å². The van der Waals surface area contributed by atoms with Crippen LogP contribution in [0.3, 0.4) is 0 Å². The van der Waals surface area contributed by atoms with E-state index in [1.165, 1.54) is 0 Å². The predicted octanol–water partition coefficient (Wildman–Crippen LogP) is 1.07. The van der Waals surface area contributed by atoms with Gasteiger partial charge in [-0.05, 0) is 12.3 Å². The van der Waals surface area contributed by atoms with E-state index in [-0.39, 0.29) is 18.6 Å². The average molecular weight is 250 g/mol. The largest absolute Gasteiger partial charge is 0.374 e. The van der Waals surface area contributed by atoms with E-state index in [2.05, 4.69) is 19.2 Å². The Labute approximate surface area is 100 Å². The Morgan fingerprint density at radius 3 is 2.82 bits per heavy atom. The maximum absolute atomic E-state index is 11.8. The molecule has 1 atom stereocenters. The molecule has 0 saturated carbocycles. The Morgan fingerprint density at radius 2 is 2.24 bits per heavy atom. The topological polar surface area (TPSA) is 41.6 Å². The molecule has 17 heavy (non-hydrogen) atoms. The molecule has 1 amide bonds. The van der Waals surface area contributed by atoms with Crippen molar-refractivity contribution in [2.45, 2.75) is 32.7 Å². The van der Waals surface area contributed by atoms with E-state index in [1.54, 1.807) is 4.90 Å². The third-order valence-corrected chi connectivity index (χ3v) is 2.59. The molecule has 0 aromatic carbocycles. The van der Waals surface area contributed by atoms with Crippen LogP contribution in [0, 0.1) is 5.92 Å². The fourth-order valence-electron chi connectivity index (χ4n) is 1.80. The van der Waals surface area contributed by atoms with Crippen LogP contribution in [0.5, 0.6) is 0 Å². The van der Waals surface area contributed by atoms with Crippen molar-refractivity contribution in [2.75, 3.05) is 26.4 Å². The molecule has 1 unspecified atom stereocenters. The lowest BCUT2D eigenvalue weighted by molar-refractivity contribution is -0.130. The average Bonchev–Trinajstić information content (AvgIpc) is 2.55. The Bertz CT molecular complexity index is 250. The van der Waals surface area contributed by atoms with Crippen molar-refractivity contribution in [2.24, 2.45) is 5.92 Å². The molecule has 100 valence electrons. The molecule has 1 fully saturated rings. The molecule has 0 aliphatic carbocycles. The number of carbonyl (C=O) groups excluding carboxylic acids is 1. The Balaban J connectivity index is 2.21. The Kier molecular flexibility index (Phi) is 5.77. The molecule has 0 bridgehead atoms. The van der Waals surface area contributed by atoms with E-state index in [1.807, 2.05) is 0 Å². The number of halogens is 2. The first kappa shape index (κ1) is 14.3. The molecular weight excluding hydrogens is 230 g/mol. The second-order valence-electron chi connectivity index (χ2n) is 4.61. The lowest BCUT2D eigenvalue weighted by Gasteiger charge is -2.16. The zero-order valence-electron chi connectivity index (χ0n) is 10.3. The van der Waals surface area contributed by atoms with Crippen LogP contribution >= 0.6 is 0 Å². The Morgan fingerprint density at radius 1 is 1.53 bits per heavy atom. The van der Waals surface area contributed by atoms with Crippen LogP contribution in [-0.4, -0.2) is 49.7 Å². The monoisotopic (exact) mass is 250 g/mol. The molecule has 6 heteroatoms. The van der Waals surface area contributed by atoms with E-state index < -0.39 is 13.0 Å². The summed E-state index contributed by atoms with van der Waals surface area (Å²) in [7, 11) is 0. The van der Waals surface area contributed by atoms with Crippen molar-refractivity contribution in [3.05, 3.63) is 0 Å². The summed E-state index contributed by atoms with van der Waals surface area (Å²) in [6.07, 6.45) is -1.65. The van der Waals surface area contributed by atoms with Crippen LogP contribution < -0.4 is 5.32 Å². The van der Waals surface area contributed by atoms with Crippen molar-refractivity contribution >= 4 is 5.91 Å². The van der Waals surface area contributed by atoms with Gasteiger partial charge in [-0.1, -0.05) is 13.8 Å². The maximum atomic E-state index is 11.8. The fraction of sp³-hybridized carbons (Fsp3) is 0.909. The van der Waals surface area contributed by atoms with Gasteiger partial charge >= 0.3 is 0 Å². The van der Waals surface area contributed by atoms with Gasteiger partial charge in [-0.3, -0.25) is 10.1 Å². The minimum Gasteiger partial charge on any atom is -0.374 e. The normalized spacial score (nSPS) is 20.9. The molecule has 1 aliphatic rings. The van der Waals surface area contributed by atoms with Crippen LogP contribution in [0.25, 0.3) is 0 Å². The minimum atomic E-state index is -2.45. The highest BCUT2D eigenvalue weighted by molar-refractivity contribution is 5.83. The van der Waals surface area contributed by atoms with Crippen LogP contribution in [0.2, 0.25) is 0 Å². The first-order valence-corrected chi connectivity index (χ1v) is 5.88.